The van der Waals surface area contributed by atoms with E-state index >= 15 is 0 Å². The third kappa shape index (κ3) is 1.73. The maximum absolute atomic E-state index is 4.26. The van der Waals surface area contributed by atoms with Gasteiger partial charge in [-0.15, -0.1) is 11.3 Å². The standard InChI is InChI=1S/C7H9BrN2S/c1-7(2-3-7)10-6-9-5(8)4-11-6/h4H,2-3H2,1H3,(H,9,10). The van der Waals surface area contributed by atoms with Crippen molar-refractivity contribution in [1.29, 1.82) is 0 Å². The van der Waals surface area contributed by atoms with Crippen molar-refractivity contribution in [2.45, 2.75) is 25.3 Å². The molecule has 0 aliphatic heterocycles. The Balaban J connectivity index is 2.06. The lowest BCUT2D eigenvalue weighted by Gasteiger charge is -2.08. The first kappa shape index (κ1) is 7.55. The van der Waals surface area contributed by atoms with Gasteiger partial charge in [0, 0.05) is 10.9 Å². The Morgan fingerprint density at radius 2 is 2.45 bits per heavy atom. The predicted octanol–water partition coefficient (Wildman–Crippen LogP) is 2.87. The van der Waals surface area contributed by atoms with Gasteiger partial charge in [-0.25, -0.2) is 4.98 Å². The highest BCUT2D eigenvalue weighted by Crippen LogP contribution is 2.38. The van der Waals surface area contributed by atoms with E-state index in [0.717, 1.165) is 9.73 Å². The number of aromatic nitrogens is 1. The van der Waals surface area contributed by atoms with Crippen LogP contribution in [0.25, 0.3) is 0 Å². The van der Waals surface area contributed by atoms with Crippen molar-refractivity contribution in [3.05, 3.63) is 9.98 Å². The van der Waals surface area contributed by atoms with Crippen molar-refractivity contribution in [3.63, 3.8) is 0 Å². The molecule has 0 spiro atoms. The predicted molar refractivity (Wildman–Crippen MR) is 51.1 cm³/mol. The molecule has 0 atom stereocenters. The molecule has 0 unspecified atom stereocenters. The molecule has 1 heterocycles. The average Bonchev–Trinajstić information content (AvgIpc) is 2.49. The minimum Gasteiger partial charge on any atom is -0.356 e. The highest BCUT2D eigenvalue weighted by atomic mass is 79.9. The minimum absolute atomic E-state index is 0.345. The third-order valence-corrected chi connectivity index (χ3v) is 3.35. The van der Waals surface area contributed by atoms with Gasteiger partial charge >= 0.3 is 0 Å². The van der Waals surface area contributed by atoms with Gasteiger partial charge in [0.05, 0.1) is 0 Å². The molecule has 0 amide bonds. The first-order valence-electron chi connectivity index (χ1n) is 3.57. The molecule has 1 aromatic heterocycles. The number of thiazole rings is 1. The van der Waals surface area contributed by atoms with Crippen LogP contribution in [-0.2, 0) is 0 Å². The van der Waals surface area contributed by atoms with E-state index in [4.69, 9.17) is 0 Å². The van der Waals surface area contributed by atoms with Crippen LogP contribution in [0, 0.1) is 0 Å². The van der Waals surface area contributed by atoms with Gasteiger partial charge in [-0.05, 0) is 35.7 Å². The van der Waals surface area contributed by atoms with Crippen molar-refractivity contribution < 1.29 is 0 Å². The number of rotatable bonds is 2. The maximum Gasteiger partial charge on any atom is 0.184 e. The van der Waals surface area contributed by atoms with Gasteiger partial charge in [0.2, 0.25) is 0 Å². The number of hydrogen-bond acceptors (Lipinski definition) is 3. The smallest absolute Gasteiger partial charge is 0.184 e. The summed E-state index contributed by atoms with van der Waals surface area (Å²) in [5.74, 6) is 0. The summed E-state index contributed by atoms with van der Waals surface area (Å²) in [4.78, 5) is 4.26. The molecule has 0 aromatic carbocycles. The van der Waals surface area contributed by atoms with Crippen molar-refractivity contribution >= 4 is 32.4 Å². The molecule has 4 heteroatoms. The van der Waals surface area contributed by atoms with Crippen LogP contribution in [0.2, 0.25) is 0 Å². The zero-order valence-electron chi connectivity index (χ0n) is 6.22. The van der Waals surface area contributed by atoms with E-state index in [1.807, 2.05) is 5.38 Å². The first-order valence-corrected chi connectivity index (χ1v) is 5.24. The minimum atomic E-state index is 0.345. The SMILES string of the molecule is CC1(Nc2nc(Br)cs2)CC1. The summed E-state index contributed by atoms with van der Waals surface area (Å²) >= 11 is 4.97. The summed E-state index contributed by atoms with van der Waals surface area (Å²) < 4.78 is 0.925. The lowest BCUT2D eigenvalue weighted by molar-refractivity contribution is 0.826. The second-order valence-corrected chi connectivity index (χ2v) is 4.83. The van der Waals surface area contributed by atoms with Crippen LogP contribution in [0.5, 0.6) is 0 Å². The van der Waals surface area contributed by atoms with Crippen LogP contribution in [0.15, 0.2) is 9.98 Å². The Morgan fingerprint density at radius 1 is 1.73 bits per heavy atom. The molecule has 1 N–H and O–H groups in total. The summed E-state index contributed by atoms with van der Waals surface area (Å²) in [7, 11) is 0. The zero-order valence-corrected chi connectivity index (χ0v) is 8.63. The first-order chi connectivity index (χ1) is 5.18. The number of hydrogen-bond donors (Lipinski definition) is 1. The zero-order chi connectivity index (χ0) is 7.90. The third-order valence-electron chi connectivity index (χ3n) is 1.88. The molecular formula is C7H9BrN2S. The van der Waals surface area contributed by atoms with Crippen LogP contribution < -0.4 is 5.32 Å². The van der Waals surface area contributed by atoms with E-state index in [1.54, 1.807) is 11.3 Å². The Hall–Kier alpha value is -0.0900. The summed E-state index contributed by atoms with van der Waals surface area (Å²) in [6.45, 7) is 2.22. The highest BCUT2D eigenvalue weighted by Gasteiger charge is 2.37. The van der Waals surface area contributed by atoms with Gasteiger partial charge in [0.15, 0.2) is 5.13 Å². The number of anilines is 1. The summed E-state index contributed by atoms with van der Waals surface area (Å²) in [5, 5.41) is 6.41. The molecule has 1 fully saturated rings. The van der Waals surface area contributed by atoms with Crippen molar-refractivity contribution in [2.24, 2.45) is 0 Å². The van der Waals surface area contributed by atoms with E-state index in [0.29, 0.717) is 5.54 Å². The second-order valence-electron chi connectivity index (χ2n) is 3.16. The van der Waals surface area contributed by atoms with Gasteiger partial charge in [-0.1, -0.05) is 0 Å². The van der Waals surface area contributed by atoms with E-state index in [2.05, 4.69) is 33.2 Å². The normalized spacial score (nSPS) is 19.8. The monoisotopic (exact) mass is 232 g/mol. The molecule has 1 aromatic rings. The Labute approximate surface area is 78.2 Å². The molecule has 2 rings (SSSR count). The molecule has 60 valence electrons. The number of nitrogens with one attached hydrogen (secondary N) is 1. The van der Waals surface area contributed by atoms with Crippen LogP contribution in [-0.4, -0.2) is 10.5 Å². The van der Waals surface area contributed by atoms with Crippen LogP contribution >= 0.6 is 27.3 Å². The summed E-state index contributed by atoms with van der Waals surface area (Å²) in [6.07, 6.45) is 2.54. The van der Waals surface area contributed by atoms with Crippen LogP contribution in [0.1, 0.15) is 19.8 Å². The molecule has 1 aliphatic rings. The van der Waals surface area contributed by atoms with Crippen molar-refractivity contribution in [3.8, 4) is 0 Å². The van der Waals surface area contributed by atoms with Gasteiger partial charge in [-0.3, -0.25) is 0 Å². The molecule has 1 aliphatic carbocycles. The Kier molecular flexibility index (Phi) is 1.68. The summed E-state index contributed by atoms with van der Waals surface area (Å²) in [5.41, 5.74) is 0.345. The average molecular weight is 233 g/mol. The lowest BCUT2D eigenvalue weighted by atomic mass is 10.3. The largest absolute Gasteiger partial charge is 0.356 e. The molecule has 11 heavy (non-hydrogen) atoms. The fourth-order valence-corrected chi connectivity index (χ4v) is 2.18. The maximum atomic E-state index is 4.26. The van der Waals surface area contributed by atoms with Gasteiger partial charge < -0.3 is 5.32 Å². The molecule has 1 saturated carbocycles. The summed E-state index contributed by atoms with van der Waals surface area (Å²) in [6, 6.07) is 0. The van der Waals surface area contributed by atoms with Gasteiger partial charge in [0.25, 0.3) is 0 Å². The highest BCUT2D eigenvalue weighted by molar-refractivity contribution is 9.10. The van der Waals surface area contributed by atoms with Gasteiger partial charge in [0.1, 0.15) is 4.60 Å². The van der Waals surface area contributed by atoms with Crippen LogP contribution in [0.4, 0.5) is 5.13 Å². The second kappa shape index (κ2) is 2.45. The quantitative estimate of drug-likeness (QED) is 0.849. The molecule has 2 nitrogen and oxygen atoms in total. The van der Waals surface area contributed by atoms with Gasteiger partial charge in [-0.2, -0.15) is 0 Å². The molecule has 0 bridgehead atoms. The van der Waals surface area contributed by atoms with Crippen LogP contribution in [0.3, 0.4) is 0 Å². The van der Waals surface area contributed by atoms with E-state index in [9.17, 15) is 0 Å². The van der Waals surface area contributed by atoms with Crippen molar-refractivity contribution in [1.82, 2.24) is 4.98 Å². The van der Waals surface area contributed by atoms with E-state index < -0.39 is 0 Å². The number of halogens is 1. The molecule has 0 radical (unpaired) electrons. The van der Waals surface area contributed by atoms with E-state index in [1.165, 1.54) is 12.8 Å². The fraction of sp³-hybridized carbons (Fsp3) is 0.571. The molecular weight excluding hydrogens is 224 g/mol. The number of nitrogens with zero attached hydrogens (tertiary/aromatic N) is 1. The van der Waals surface area contributed by atoms with Crippen molar-refractivity contribution in [2.75, 3.05) is 5.32 Å². The van der Waals surface area contributed by atoms with E-state index in [-0.39, 0.29) is 0 Å². The Bertz CT molecular complexity index is 267. The lowest BCUT2D eigenvalue weighted by Crippen LogP contribution is -2.15. The fourth-order valence-electron chi connectivity index (χ4n) is 0.882. The topological polar surface area (TPSA) is 24.9 Å². The molecule has 0 saturated heterocycles. The Morgan fingerprint density at radius 3 is 2.91 bits per heavy atom.